The lowest BCUT2D eigenvalue weighted by Gasteiger charge is -2.25. The molecule has 4 heteroatoms. The number of aromatic nitrogens is 1. The normalized spacial score (nSPS) is 16.9. The van der Waals surface area contributed by atoms with Crippen molar-refractivity contribution in [1.82, 2.24) is 10.3 Å². The lowest BCUT2D eigenvalue weighted by Crippen LogP contribution is -2.35. The van der Waals surface area contributed by atoms with Crippen LogP contribution in [0.4, 0.5) is 5.69 Å². The van der Waals surface area contributed by atoms with Gasteiger partial charge < -0.3 is 10.6 Å². The summed E-state index contributed by atoms with van der Waals surface area (Å²) in [6.07, 6.45) is 4.13. The smallest absolute Gasteiger partial charge is 0.0908 e. The Morgan fingerprint density at radius 3 is 2.89 bits per heavy atom. The van der Waals surface area contributed by atoms with Crippen molar-refractivity contribution < 1.29 is 0 Å². The predicted molar refractivity (Wildman–Crippen MR) is 76.3 cm³/mol. The Morgan fingerprint density at radius 2 is 2.06 bits per heavy atom. The number of benzene rings is 1. The maximum atomic E-state index is 6.17. The van der Waals surface area contributed by atoms with E-state index in [4.69, 9.17) is 11.6 Å². The number of hydrogen-bond acceptors (Lipinski definition) is 3. The van der Waals surface area contributed by atoms with Gasteiger partial charge in [-0.15, -0.1) is 0 Å². The Balaban J connectivity index is 1.93. The molecule has 0 saturated carbocycles. The van der Waals surface area contributed by atoms with Crippen LogP contribution in [0, 0.1) is 0 Å². The van der Waals surface area contributed by atoms with Crippen molar-refractivity contribution in [3.05, 3.63) is 35.5 Å². The fourth-order valence-corrected chi connectivity index (χ4v) is 2.68. The van der Waals surface area contributed by atoms with Gasteiger partial charge in [0, 0.05) is 23.3 Å². The number of nitrogens with zero attached hydrogens (tertiary/aromatic N) is 1. The molecule has 0 spiro atoms. The Bertz CT molecular complexity index is 550. The summed E-state index contributed by atoms with van der Waals surface area (Å²) in [5.41, 5.74) is 2.01. The minimum Gasteiger partial charge on any atom is -0.382 e. The standard InChI is InChI=1S/C14H16ClN3/c15-12-3-1-2-11-13(6-9-17-14(11)12)18-10-4-7-16-8-5-10/h1-3,6,9-10,16H,4-5,7-8H2,(H,17,18). The number of fused-ring (bicyclic) bond motifs is 1. The van der Waals surface area contributed by atoms with Crippen LogP contribution in [0.3, 0.4) is 0 Å². The maximum absolute atomic E-state index is 6.17. The molecule has 2 N–H and O–H groups in total. The SMILES string of the molecule is Clc1cccc2c(NC3CCNCC3)ccnc12. The van der Waals surface area contributed by atoms with E-state index < -0.39 is 0 Å². The molecule has 2 aromatic rings. The zero-order chi connectivity index (χ0) is 12.4. The summed E-state index contributed by atoms with van der Waals surface area (Å²) in [4.78, 5) is 4.35. The molecule has 0 unspecified atom stereocenters. The van der Waals surface area contributed by atoms with Crippen LogP contribution >= 0.6 is 11.6 Å². The molecule has 1 aromatic carbocycles. The van der Waals surface area contributed by atoms with Crippen molar-refractivity contribution in [1.29, 1.82) is 0 Å². The Hall–Kier alpha value is -1.32. The molecule has 94 valence electrons. The Kier molecular flexibility index (Phi) is 3.35. The van der Waals surface area contributed by atoms with E-state index in [2.05, 4.69) is 21.7 Å². The topological polar surface area (TPSA) is 37.0 Å². The van der Waals surface area contributed by atoms with Crippen LogP contribution in [0.1, 0.15) is 12.8 Å². The summed E-state index contributed by atoms with van der Waals surface area (Å²) in [5.74, 6) is 0. The van der Waals surface area contributed by atoms with E-state index in [0.717, 1.165) is 42.5 Å². The van der Waals surface area contributed by atoms with Crippen LogP contribution in [0.15, 0.2) is 30.5 Å². The first-order valence-corrected chi connectivity index (χ1v) is 6.73. The molecule has 0 aliphatic carbocycles. The molecule has 1 aliphatic rings. The van der Waals surface area contributed by atoms with E-state index >= 15 is 0 Å². The second-order valence-electron chi connectivity index (χ2n) is 4.66. The molecule has 0 atom stereocenters. The monoisotopic (exact) mass is 261 g/mol. The summed E-state index contributed by atoms with van der Waals surface area (Å²) in [6, 6.07) is 8.49. The highest BCUT2D eigenvalue weighted by Gasteiger charge is 2.14. The first-order chi connectivity index (χ1) is 8.84. The first-order valence-electron chi connectivity index (χ1n) is 6.35. The molecule has 1 fully saturated rings. The summed E-state index contributed by atoms with van der Waals surface area (Å²) >= 11 is 6.17. The van der Waals surface area contributed by atoms with E-state index in [1.54, 1.807) is 0 Å². The van der Waals surface area contributed by atoms with Gasteiger partial charge in [-0.1, -0.05) is 23.7 Å². The van der Waals surface area contributed by atoms with Gasteiger partial charge in [-0.3, -0.25) is 4.98 Å². The zero-order valence-corrected chi connectivity index (χ0v) is 10.9. The van der Waals surface area contributed by atoms with E-state index in [9.17, 15) is 0 Å². The third-order valence-electron chi connectivity index (χ3n) is 3.42. The minimum absolute atomic E-state index is 0.538. The fourth-order valence-electron chi connectivity index (χ4n) is 2.45. The van der Waals surface area contributed by atoms with Crippen LogP contribution in [0.2, 0.25) is 5.02 Å². The third kappa shape index (κ3) is 2.28. The third-order valence-corrected chi connectivity index (χ3v) is 3.73. The van der Waals surface area contributed by atoms with Gasteiger partial charge in [-0.05, 0) is 38.1 Å². The van der Waals surface area contributed by atoms with Crippen molar-refractivity contribution >= 4 is 28.2 Å². The number of hydrogen-bond donors (Lipinski definition) is 2. The quantitative estimate of drug-likeness (QED) is 0.873. The minimum atomic E-state index is 0.538. The lowest BCUT2D eigenvalue weighted by molar-refractivity contribution is 0.479. The molecule has 2 heterocycles. The van der Waals surface area contributed by atoms with Gasteiger partial charge in [-0.25, -0.2) is 0 Å². The highest BCUT2D eigenvalue weighted by Crippen LogP contribution is 2.28. The number of halogens is 1. The summed E-state index contributed by atoms with van der Waals surface area (Å²) in [6.45, 7) is 2.17. The van der Waals surface area contributed by atoms with E-state index in [-0.39, 0.29) is 0 Å². The van der Waals surface area contributed by atoms with E-state index in [0.29, 0.717) is 11.1 Å². The van der Waals surface area contributed by atoms with Crippen LogP contribution in [-0.2, 0) is 0 Å². The van der Waals surface area contributed by atoms with Gasteiger partial charge in [0.05, 0.1) is 10.5 Å². The second kappa shape index (κ2) is 5.12. The van der Waals surface area contributed by atoms with Gasteiger partial charge in [0.15, 0.2) is 0 Å². The zero-order valence-electron chi connectivity index (χ0n) is 10.1. The molecule has 1 aliphatic heterocycles. The highest BCUT2D eigenvalue weighted by atomic mass is 35.5. The molecule has 0 amide bonds. The molecule has 1 saturated heterocycles. The van der Waals surface area contributed by atoms with Crippen molar-refractivity contribution in [2.45, 2.75) is 18.9 Å². The van der Waals surface area contributed by atoms with Gasteiger partial charge in [0.25, 0.3) is 0 Å². The predicted octanol–water partition coefficient (Wildman–Crippen LogP) is 3.05. The van der Waals surface area contributed by atoms with Crippen LogP contribution in [0.25, 0.3) is 10.9 Å². The number of anilines is 1. The van der Waals surface area contributed by atoms with E-state index in [1.165, 1.54) is 0 Å². The molecule has 1 aromatic heterocycles. The number of rotatable bonds is 2. The van der Waals surface area contributed by atoms with E-state index in [1.807, 2.05) is 24.4 Å². The molecule has 18 heavy (non-hydrogen) atoms. The molecule has 0 radical (unpaired) electrons. The summed E-state index contributed by atoms with van der Waals surface area (Å²) < 4.78 is 0. The van der Waals surface area contributed by atoms with Crippen molar-refractivity contribution in [3.63, 3.8) is 0 Å². The molecule has 3 rings (SSSR count). The van der Waals surface area contributed by atoms with Crippen molar-refractivity contribution in [2.75, 3.05) is 18.4 Å². The number of para-hydroxylation sites is 1. The lowest BCUT2D eigenvalue weighted by atomic mass is 10.1. The van der Waals surface area contributed by atoms with Crippen molar-refractivity contribution in [2.24, 2.45) is 0 Å². The van der Waals surface area contributed by atoms with Crippen LogP contribution in [0.5, 0.6) is 0 Å². The second-order valence-corrected chi connectivity index (χ2v) is 5.07. The van der Waals surface area contributed by atoms with Gasteiger partial charge in [-0.2, -0.15) is 0 Å². The summed E-state index contributed by atoms with van der Waals surface area (Å²) in [7, 11) is 0. The Morgan fingerprint density at radius 1 is 1.22 bits per heavy atom. The molecule has 3 nitrogen and oxygen atoms in total. The number of nitrogens with one attached hydrogen (secondary N) is 2. The number of piperidine rings is 1. The maximum Gasteiger partial charge on any atom is 0.0908 e. The number of pyridine rings is 1. The summed E-state index contributed by atoms with van der Waals surface area (Å²) in [5, 5.41) is 8.80. The van der Waals surface area contributed by atoms with Gasteiger partial charge >= 0.3 is 0 Å². The average Bonchev–Trinajstić information content (AvgIpc) is 2.41. The molecular formula is C14H16ClN3. The Labute approximate surface area is 112 Å². The van der Waals surface area contributed by atoms with Crippen LogP contribution in [-0.4, -0.2) is 24.1 Å². The average molecular weight is 262 g/mol. The van der Waals surface area contributed by atoms with Crippen LogP contribution < -0.4 is 10.6 Å². The largest absolute Gasteiger partial charge is 0.382 e. The molecule has 0 bridgehead atoms. The van der Waals surface area contributed by atoms with Gasteiger partial charge in [0.1, 0.15) is 0 Å². The first kappa shape index (κ1) is 11.8. The highest BCUT2D eigenvalue weighted by molar-refractivity contribution is 6.35. The van der Waals surface area contributed by atoms with Gasteiger partial charge in [0.2, 0.25) is 0 Å². The van der Waals surface area contributed by atoms with Crippen molar-refractivity contribution in [3.8, 4) is 0 Å². The molecular weight excluding hydrogens is 246 g/mol. The fraction of sp³-hybridized carbons (Fsp3) is 0.357.